The number of allylic oxidation sites excluding steroid dienone is 2. The lowest BCUT2D eigenvalue weighted by Crippen LogP contribution is -2.37. The predicted octanol–water partition coefficient (Wildman–Crippen LogP) is 2.71. The highest BCUT2D eigenvalue weighted by molar-refractivity contribution is 5.86. The fourth-order valence-corrected chi connectivity index (χ4v) is 2.06. The number of nitrogens with one attached hydrogen (secondary N) is 1. The van der Waals surface area contributed by atoms with E-state index in [0.717, 1.165) is 0 Å². The molecule has 0 heterocycles. The monoisotopic (exact) mass is 303 g/mol. The zero-order valence-corrected chi connectivity index (χ0v) is 12.6. The lowest BCUT2D eigenvalue weighted by molar-refractivity contribution is -0.142. The first-order valence-electron chi connectivity index (χ1n) is 6.92. The Bertz CT molecular complexity index is 526. The molecule has 0 aromatic heterocycles. The first-order chi connectivity index (χ1) is 10.5. The Hall–Kier alpha value is -2.56. The highest BCUT2D eigenvalue weighted by atomic mass is 16.5. The molecule has 22 heavy (non-hydrogen) atoms. The Morgan fingerprint density at radius 2 is 1.77 bits per heavy atom. The Balaban J connectivity index is 2.90. The number of ether oxygens (including phenoxy) is 1. The summed E-state index contributed by atoms with van der Waals surface area (Å²) in [5.41, 5.74) is 0.484. The van der Waals surface area contributed by atoms with Crippen LogP contribution in [0.2, 0.25) is 0 Å². The van der Waals surface area contributed by atoms with Gasteiger partial charge in [0.05, 0.1) is 7.11 Å². The highest BCUT2D eigenvalue weighted by Gasteiger charge is 2.25. The standard InChI is InChI=1S/C17H21NO4/c1-4-6-13(7-5-2)16(19)18-15(17(20)21)12-8-10-14(22-3)11-9-12/h4-5,8-11,13,15H,1-2,6-7H2,3H3,(H,18,19)(H,20,21). The number of carboxylic acids is 1. The van der Waals surface area contributed by atoms with E-state index in [9.17, 15) is 14.7 Å². The Morgan fingerprint density at radius 1 is 1.23 bits per heavy atom. The Kier molecular flexibility index (Phi) is 6.89. The van der Waals surface area contributed by atoms with E-state index < -0.39 is 12.0 Å². The van der Waals surface area contributed by atoms with Crippen molar-refractivity contribution in [2.75, 3.05) is 7.11 Å². The molecule has 0 saturated heterocycles. The summed E-state index contributed by atoms with van der Waals surface area (Å²) in [6, 6.07) is 5.45. The number of carbonyl (C=O) groups is 2. The second-order valence-electron chi connectivity index (χ2n) is 4.80. The van der Waals surface area contributed by atoms with E-state index in [4.69, 9.17) is 4.74 Å². The van der Waals surface area contributed by atoms with Crippen LogP contribution in [0.5, 0.6) is 5.75 Å². The first kappa shape index (κ1) is 17.5. The van der Waals surface area contributed by atoms with Gasteiger partial charge in [-0.05, 0) is 30.5 Å². The number of methoxy groups -OCH3 is 1. The number of benzene rings is 1. The average Bonchev–Trinajstić information content (AvgIpc) is 2.52. The molecule has 1 rings (SSSR count). The molecular formula is C17H21NO4. The fraction of sp³-hybridized carbons (Fsp3) is 0.294. The summed E-state index contributed by atoms with van der Waals surface area (Å²) >= 11 is 0. The number of aliphatic carboxylic acids is 1. The minimum atomic E-state index is -1.12. The third-order valence-electron chi connectivity index (χ3n) is 3.26. The Morgan fingerprint density at radius 3 is 2.18 bits per heavy atom. The summed E-state index contributed by atoms with van der Waals surface area (Å²) < 4.78 is 5.04. The average molecular weight is 303 g/mol. The second kappa shape index (κ2) is 8.67. The summed E-state index contributed by atoms with van der Waals surface area (Å²) in [7, 11) is 1.53. The molecule has 1 unspecified atom stereocenters. The van der Waals surface area contributed by atoms with Crippen LogP contribution in [-0.4, -0.2) is 24.1 Å². The number of hydrogen-bond donors (Lipinski definition) is 2. The van der Waals surface area contributed by atoms with Crippen molar-refractivity contribution in [2.24, 2.45) is 5.92 Å². The zero-order valence-electron chi connectivity index (χ0n) is 12.6. The van der Waals surface area contributed by atoms with E-state index in [1.807, 2.05) is 0 Å². The highest BCUT2D eigenvalue weighted by Crippen LogP contribution is 2.19. The molecular weight excluding hydrogens is 282 g/mol. The molecule has 0 spiro atoms. The van der Waals surface area contributed by atoms with Gasteiger partial charge in [-0.3, -0.25) is 4.79 Å². The van der Waals surface area contributed by atoms with Gasteiger partial charge in [-0.15, -0.1) is 13.2 Å². The lowest BCUT2D eigenvalue weighted by Gasteiger charge is -2.19. The molecule has 1 amide bonds. The quantitative estimate of drug-likeness (QED) is 0.688. The summed E-state index contributed by atoms with van der Waals surface area (Å²) in [5, 5.41) is 11.9. The van der Waals surface area contributed by atoms with Crippen LogP contribution in [0.15, 0.2) is 49.6 Å². The van der Waals surface area contributed by atoms with E-state index in [1.54, 1.807) is 36.4 Å². The normalized spacial score (nSPS) is 11.5. The molecule has 1 aromatic rings. The number of amides is 1. The van der Waals surface area contributed by atoms with Crippen molar-refractivity contribution < 1.29 is 19.4 Å². The van der Waals surface area contributed by atoms with Crippen LogP contribution in [0, 0.1) is 5.92 Å². The van der Waals surface area contributed by atoms with Crippen LogP contribution in [0.1, 0.15) is 24.4 Å². The largest absolute Gasteiger partial charge is 0.497 e. The number of rotatable bonds is 9. The van der Waals surface area contributed by atoms with Gasteiger partial charge in [-0.25, -0.2) is 4.79 Å². The molecule has 0 aliphatic rings. The van der Waals surface area contributed by atoms with Gasteiger partial charge in [-0.2, -0.15) is 0 Å². The van der Waals surface area contributed by atoms with E-state index >= 15 is 0 Å². The van der Waals surface area contributed by atoms with Crippen molar-refractivity contribution in [3.63, 3.8) is 0 Å². The van der Waals surface area contributed by atoms with Gasteiger partial charge in [0, 0.05) is 5.92 Å². The van der Waals surface area contributed by atoms with Crippen molar-refractivity contribution in [3.8, 4) is 5.75 Å². The maximum atomic E-state index is 12.2. The van der Waals surface area contributed by atoms with Crippen molar-refractivity contribution in [1.82, 2.24) is 5.32 Å². The number of hydrogen-bond acceptors (Lipinski definition) is 3. The minimum absolute atomic E-state index is 0.331. The van der Waals surface area contributed by atoms with Crippen LogP contribution >= 0.6 is 0 Å². The van der Waals surface area contributed by atoms with Crippen LogP contribution in [0.3, 0.4) is 0 Å². The van der Waals surface area contributed by atoms with Gasteiger partial charge < -0.3 is 15.2 Å². The molecule has 5 nitrogen and oxygen atoms in total. The van der Waals surface area contributed by atoms with Gasteiger partial charge in [-0.1, -0.05) is 24.3 Å². The van der Waals surface area contributed by atoms with Gasteiger partial charge >= 0.3 is 5.97 Å². The van der Waals surface area contributed by atoms with Crippen molar-refractivity contribution in [3.05, 3.63) is 55.1 Å². The molecule has 1 atom stereocenters. The SMILES string of the molecule is C=CCC(CC=C)C(=O)NC(C(=O)O)c1ccc(OC)cc1. The Labute approximate surface area is 130 Å². The molecule has 1 aromatic carbocycles. The second-order valence-corrected chi connectivity index (χ2v) is 4.80. The van der Waals surface area contributed by atoms with Crippen molar-refractivity contribution in [1.29, 1.82) is 0 Å². The number of carboxylic acid groups (broad SMARTS) is 1. The molecule has 118 valence electrons. The van der Waals surface area contributed by atoms with Crippen LogP contribution in [0.4, 0.5) is 0 Å². The van der Waals surface area contributed by atoms with Gasteiger partial charge in [0.2, 0.25) is 5.91 Å². The van der Waals surface area contributed by atoms with Crippen LogP contribution in [0.25, 0.3) is 0 Å². The summed E-state index contributed by atoms with van der Waals surface area (Å²) in [4.78, 5) is 23.7. The minimum Gasteiger partial charge on any atom is -0.497 e. The first-order valence-corrected chi connectivity index (χ1v) is 6.92. The van der Waals surface area contributed by atoms with Gasteiger partial charge in [0.1, 0.15) is 5.75 Å². The third-order valence-corrected chi connectivity index (χ3v) is 3.26. The lowest BCUT2D eigenvalue weighted by atomic mass is 9.99. The van der Waals surface area contributed by atoms with Crippen molar-refractivity contribution in [2.45, 2.75) is 18.9 Å². The molecule has 0 aliphatic heterocycles. The molecule has 5 heteroatoms. The van der Waals surface area contributed by atoms with Crippen LogP contribution < -0.4 is 10.1 Å². The molecule has 2 N–H and O–H groups in total. The molecule has 0 fully saturated rings. The fourth-order valence-electron chi connectivity index (χ4n) is 2.06. The van der Waals surface area contributed by atoms with Crippen LogP contribution in [-0.2, 0) is 9.59 Å². The summed E-state index contributed by atoms with van der Waals surface area (Å²) in [6.45, 7) is 7.22. The van der Waals surface area contributed by atoms with Crippen molar-refractivity contribution >= 4 is 11.9 Å². The van der Waals surface area contributed by atoms with E-state index in [0.29, 0.717) is 24.2 Å². The molecule has 0 aliphatic carbocycles. The zero-order chi connectivity index (χ0) is 16.5. The summed E-state index contributed by atoms with van der Waals surface area (Å²) in [6.07, 6.45) is 4.20. The molecule has 0 bridgehead atoms. The van der Waals surface area contributed by atoms with E-state index in [2.05, 4.69) is 18.5 Å². The smallest absolute Gasteiger partial charge is 0.330 e. The van der Waals surface area contributed by atoms with E-state index in [1.165, 1.54) is 7.11 Å². The summed E-state index contributed by atoms with van der Waals surface area (Å²) in [5.74, 6) is -1.19. The maximum absolute atomic E-state index is 12.2. The van der Waals surface area contributed by atoms with Gasteiger partial charge in [0.25, 0.3) is 0 Å². The predicted molar refractivity (Wildman–Crippen MR) is 84.6 cm³/mol. The topological polar surface area (TPSA) is 75.6 Å². The molecule has 0 radical (unpaired) electrons. The maximum Gasteiger partial charge on any atom is 0.330 e. The van der Waals surface area contributed by atoms with Gasteiger partial charge in [0.15, 0.2) is 6.04 Å². The van der Waals surface area contributed by atoms with E-state index in [-0.39, 0.29) is 11.8 Å². The molecule has 0 saturated carbocycles. The third kappa shape index (κ3) is 4.77. The number of carbonyl (C=O) groups excluding carboxylic acids is 1.